The van der Waals surface area contributed by atoms with E-state index in [0.717, 1.165) is 40.9 Å². The summed E-state index contributed by atoms with van der Waals surface area (Å²) in [6.45, 7) is 6.26. The molecular weight excluding hydrogens is 304 g/mol. The van der Waals surface area contributed by atoms with Crippen molar-refractivity contribution in [2.24, 2.45) is 0 Å². The highest BCUT2D eigenvalue weighted by molar-refractivity contribution is 6.05. The zero-order valence-corrected chi connectivity index (χ0v) is 14.6. The third-order valence-corrected chi connectivity index (χ3v) is 4.55. The minimum Gasteiger partial charge on any atom is -0.372 e. The average molecular weight is 324 g/mol. The van der Waals surface area contributed by atoms with Crippen molar-refractivity contribution in [1.29, 1.82) is 5.26 Å². The van der Waals surface area contributed by atoms with E-state index < -0.39 is 0 Å². The molecule has 2 aromatic rings. The van der Waals surface area contributed by atoms with Gasteiger partial charge in [-0.25, -0.2) is 0 Å². The number of anilines is 1. The number of terminal acetylenes is 1. The van der Waals surface area contributed by atoms with E-state index in [-0.39, 0.29) is 0 Å². The molecular formula is C23H20N2. The number of nitriles is 1. The number of hydrogen-bond acceptors (Lipinski definition) is 2. The van der Waals surface area contributed by atoms with Gasteiger partial charge >= 0.3 is 0 Å². The molecule has 1 aliphatic carbocycles. The topological polar surface area (TPSA) is 27.0 Å². The molecule has 1 aliphatic rings. The summed E-state index contributed by atoms with van der Waals surface area (Å²) in [6, 6.07) is 16.2. The van der Waals surface area contributed by atoms with Gasteiger partial charge in [0, 0.05) is 24.4 Å². The van der Waals surface area contributed by atoms with Crippen LogP contribution in [0, 0.1) is 23.7 Å². The molecule has 3 rings (SSSR count). The summed E-state index contributed by atoms with van der Waals surface area (Å²) < 4.78 is 0. The maximum Gasteiger partial charge on any atom is 0.0991 e. The number of benzene rings is 2. The lowest BCUT2D eigenvalue weighted by molar-refractivity contribution is 0.866. The first kappa shape index (κ1) is 16.6. The van der Waals surface area contributed by atoms with Crippen LogP contribution >= 0.6 is 0 Å². The minimum absolute atomic E-state index is 0.665. The zero-order valence-electron chi connectivity index (χ0n) is 14.6. The summed E-state index contributed by atoms with van der Waals surface area (Å²) in [5.74, 6) is 2.81. The van der Waals surface area contributed by atoms with E-state index >= 15 is 0 Å². The fraction of sp³-hybridized carbons (Fsp3) is 0.174. The summed E-state index contributed by atoms with van der Waals surface area (Å²) in [4.78, 5) is 2.32. The Morgan fingerprint density at radius 3 is 2.36 bits per heavy atom. The second-order valence-corrected chi connectivity index (χ2v) is 5.94. The van der Waals surface area contributed by atoms with Gasteiger partial charge in [0.25, 0.3) is 0 Å². The zero-order chi connectivity index (χ0) is 17.8. The third-order valence-electron chi connectivity index (χ3n) is 4.55. The van der Waals surface area contributed by atoms with E-state index in [1.165, 1.54) is 5.69 Å². The number of rotatable bonds is 4. The van der Waals surface area contributed by atoms with Crippen LogP contribution < -0.4 is 4.90 Å². The maximum absolute atomic E-state index is 8.92. The van der Waals surface area contributed by atoms with E-state index in [1.54, 1.807) is 0 Å². The Morgan fingerprint density at radius 1 is 1.04 bits per heavy atom. The van der Waals surface area contributed by atoms with Crippen molar-refractivity contribution in [2.45, 2.75) is 13.8 Å². The quantitative estimate of drug-likeness (QED) is 0.742. The monoisotopic (exact) mass is 324 g/mol. The molecule has 2 aromatic carbocycles. The van der Waals surface area contributed by atoms with E-state index in [1.807, 2.05) is 24.3 Å². The first-order valence-electron chi connectivity index (χ1n) is 8.50. The number of fused-ring (bicyclic) bond motifs is 1. The van der Waals surface area contributed by atoms with Gasteiger partial charge in [0.15, 0.2) is 0 Å². The molecule has 122 valence electrons. The maximum atomic E-state index is 8.92. The van der Waals surface area contributed by atoms with Gasteiger partial charge in [0.1, 0.15) is 0 Å². The molecule has 2 heteroatoms. The summed E-state index contributed by atoms with van der Waals surface area (Å²) in [5, 5.41) is 8.92. The SMILES string of the molecule is C#CC1=CC(=Cc2ccc(C#N)cc2)c2ccc(N(CC)CC)cc21. The van der Waals surface area contributed by atoms with Gasteiger partial charge in [0.2, 0.25) is 0 Å². The summed E-state index contributed by atoms with van der Waals surface area (Å²) >= 11 is 0. The van der Waals surface area contributed by atoms with Crippen LogP contribution in [0.5, 0.6) is 0 Å². The fourth-order valence-electron chi connectivity index (χ4n) is 3.18. The van der Waals surface area contributed by atoms with Gasteiger partial charge in [-0.1, -0.05) is 24.1 Å². The van der Waals surface area contributed by atoms with Crippen LogP contribution in [-0.4, -0.2) is 13.1 Å². The second kappa shape index (κ2) is 7.12. The first-order valence-corrected chi connectivity index (χ1v) is 8.50. The van der Waals surface area contributed by atoms with E-state index in [4.69, 9.17) is 11.7 Å². The molecule has 0 atom stereocenters. The van der Waals surface area contributed by atoms with Gasteiger partial charge < -0.3 is 4.90 Å². The van der Waals surface area contributed by atoms with E-state index in [9.17, 15) is 0 Å². The Kier molecular flexibility index (Phi) is 4.73. The molecule has 0 amide bonds. The minimum atomic E-state index is 0.665. The van der Waals surface area contributed by atoms with Crippen LogP contribution in [0.1, 0.15) is 36.1 Å². The Balaban J connectivity index is 2.03. The molecule has 2 nitrogen and oxygen atoms in total. The van der Waals surface area contributed by atoms with Gasteiger partial charge in [0.05, 0.1) is 11.6 Å². The molecule has 0 heterocycles. The average Bonchev–Trinajstić information content (AvgIpc) is 3.00. The van der Waals surface area contributed by atoms with Crippen LogP contribution in [-0.2, 0) is 0 Å². The van der Waals surface area contributed by atoms with Crippen LogP contribution in [0.4, 0.5) is 5.69 Å². The third kappa shape index (κ3) is 3.21. The van der Waals surface area contributed by atoms with Crippen molar-refractivity contribution in [3.8, 4) is 18.4 Å². The standard InChI is InChI=1S/C23H20N2/c1-4-19-14-20(13-17-7-9-18(16-24)10-8-17)22-12-11-21(15-23(19)22)25(5-2)6-3/h1,7-15H,5-6H2,2-3H3. The molecule has 0 N–H and O–H groups in total. The summed E-state index contributed by atoms with van der Waals surface area (Å²) in [7, 11) is 0. The highest BCUT2D eigenvalue weighted by atomic mass is 15.1. The van der Waals surface area contributed by atoms with Crippen LogP contribution in [0.2, 0.25) is 0 Å². The van der Waals surface area contributed by atoms with E-state index in [2.05, 4.69) is 61.1 Å². The predicted octanol–water partition coefficient (Wildman–Crippen LogP) is 4.98. The molecule has 0 saturated heterocycles. The molecule has 0 fully saturated rings. The Bertz CT molecular complexity index is 928. The molecule has 0 aromatic heterocycles. The molecule has 0 spiro atoms. The van der Waals surface area contributed by atoms with Gasteiger partial charge in [-0.3, -0.25) is 0 Å². The molecule has 25 heavy (non-hydrogen) atoms. The first-order chi connectivity index (χ1) is 12.2. The highest BCUT2D eigenvalue weighted by Crippen LogP contribution is 2.38. The van der Waals surface area contributed by atoms with Gasteiger partial charge in [-0.15, -0.1) is 6.42 Å². The van der Waals surface area contributed by atoms with Crippen molar-refractivity contribution in [3.63, 3.8) is 0 Å². The normalized spacial score (nSPS) is 13.8. The second-order valence-electron chi connectivity index (χ2n) is 5.94. The lowest BCUT2D eigenvalue weighted by Crippen LogP contribution is -2.21. The number of hydrogen-bond donors (Lipinski definition) is 0. The largest absolute Gasteiger partial charge is 0.372 e. The molecule has 0 bridgehead atoms. The van der Waals surface area contributed by atoms with Gasteiger partial charge in [-0.2, -0.15) is 5.26 Å². The van der Waals surface area contributed by atoms with Crippen LogP contribution in [0.25, 0.3) is 17.2 Å². The Morgan fingerprint density at radius 2 is 1.76 bits per heavy atom. The lowest BCUT2D eigenvalue weighted by atomic mass is 10.0. The number of nitrogens with zero attached hydrogens (tertiary/aromatic N) is 2. The lowest BCUT2D eigenvalue weighted by Gasteiger charge is -2.22. The smallest absolute Gasteiger partial charge is 0.0991 e. The van der Waals surface area contributed by atoms with E-state index in [0.29, 0.717) is 5.56 Å². The predicted molar refractivity (Wildman–Crippen MR) is 106 cm³/mol. The van der Waals surface area contributed by atoms with Gasteiger partial charge in [-0.05, 0) is 72.5 Å². The fourth-order valence-corrected chi connectivity index (χ4v) is 3.18. The molecule has 0 radical (unpaired) electrons. The molecule has 0 aliphatic heterocycles. The number of allylic oxidation sites excluding steroid dienone is 3. The summed E-state index contributed by atoms with van der Waals surface area (Å²) in [5.41, 5.74) is 7.23. The van der Waals surface area contributed by atoms with Crippen molar-refractivity contribution in [2.75, 3.05) is 18.0 Å². The van der Waals surface area contributed by atoms with Crippen molar-refractivity contribution in [1.82, 2.24) is 0 Å². The summed E-state index contributed by atoms with van der Waals surface area (Å²) in [6.07, 6.45) is 9.92. The Hall–Kier alpha value is -3.23. The van der Waals surface area contributed by atoms with Crippen LogP contribution in [0.3, 0.4) is 0 Å². The van der Waals surface area contributed by atoms with Crippen molar-refractivity contribution < 1.29 is 0 Å². The molecule has 0 unspecified atom stereocenters. The Labute approximate surface area is 149 Å². The van der Waals surface area contributed by atoms with Crippen LogP contribution in [0.15, 0.2) is 48.5 Å². The highest BCUT2D eigenvalue weighted by Gasteiger charge is 2.18. The van der Waals surface area contributed by atoms with Crippen molar-refractivity contribution in [3.05, 3.63) is 70.8 Å². The molecule has 0 saturated carbocycles. The van der Waals surface area contributed by atoms with Crippen molar-refractivity contribution >= 4 is 22.9 Å².